The minimum atomic E-state index is -3.46. The zero-order chi connectivity index (χ0) is 22.8. The number of furan rings is 1. The van der Waals surface area contributed by atoms with Crippen molar-refractivity contribution in [3.63, 3.8) is 0 Å². The van der Waals surface area contributed by atoms with Gasteiger partial charge in [-0.3, -0.25) is 4.79 Å². The zero-order valence-corrected chi connectivity index (χ0v) is 19.3. The van der Waals surface area contributed by atoms with Crippen LogP contribution in [0.15, 0.2) is 58.0 Å². The van der Waals surface area contributed by atoms with Crippen LogP contribution < -0.4 is 10.2 Å². The highest BCUT2D eigenvalue weighted by Gasteiger charge is 2.28. The van der Waals surface area contributed by atoms with Gasteiger partial charge in [-0.2, -0.15) is 4.31 Å². The number of rotatable bonds is 6. The van der Waals surface area contributed by atoms with E-state index in [4.69, 9.17) is 9.40 Å². The molecule has 2 fully saturated rings. The number of amides is 1. The lowest BCUT2D eigenvalue weighted by Gasteiger charge is -2.33. The number of fused-ring (bicyclic) bond motifs is 1. The SMILES string of the molecule is O=C(NCc1ccco1)C1CCCN(c2ccc3cc(S(=O)(=O)N4CCCC4)ccc3n2)C1. The molecule has 0 aliphatic carbocycles. The fraction of sp³-hybridized carbons (Fsp3) is 0.417. The summed E-state index contributed by atoms with van der Waals surface area (Å²) in [6, 6.07) is 12.6. The molecular formula is C24H28N4O4S. The molecule has 1 aromatic carbocycles. The average molecular weight is 469 g/mol. The number of nitrogens with zero attached hydrogens (tertiary/aromatic N) is 3. The van der Waals surface area contributed by atoms with E-state index < -0.39 is 10.0 Å². The zero-order valence-electron chi connectivity index (χ0n) is 18.4. The highest BCUT2D eigenvalue weighted by atomic mass is 32.2. The number of nitrogens with one attached hydrogen (secondary N) is 1. The van der Waals surface area contributed by atoms with Crippen molar-refractivity contribution < 1.29 is 17.6 Å². The number of aromatic nitrogens is 1. The first-order valence-corrected chi connectivity index (χ1v) is 12.9. The molecular weight excluding hydrogens is 440 g/mol. The number of hydrogen-bond acceptors (Lipinski definition) is 6. The van der Waals surface area contributed by atoms with Crippen LogP contribution in [0.1, 0.15) is 31.4 Å². The van der Waals surface area contributed by atoms with Gasteiger partial charge in [-0.05, 0) is 68.1 Å². The third-order valence-corrected chi connectivity index (χ3v) is 8.38. The van der Waals surface area contributed by atoms with Gasteiger partial charge < -0.3 is 14.6 Å². The van der Waals surface area contributed by atoms with Gasteiger partial charge in [0.2, 0.25) is 15.9 Å². The second-order valence-corrected chi connectivity index (χ2v) is 10.7. The summed E-state index contributed by atoms with van der Waals surface area (Å²) in [6.45, 7) is 3.00. The molecule has 1 amide bonds. The molecule has 3 aromatic rings. The molecule has 2 aliphatic heterocycles. The first-order valence-electron chi connectivity index (χ1n) is 11.5. The third kappa shape index (κ3) is 4.60. The van der Waals surface area contributed by atoms with Crippen molar-refractivity contribution in [3.05, 3.63) is 54.5 Å². The predicted molar refractivity (Wildman–Crippen MR) is 125 cm³/mol. The van der Waals surface area contributed by atoms with Crippen molar-refractivity contribution >= 4 is 32.7 Å². The fourth-order valence-corrected chi connectivity index (χ4v) is 6.19. The van der Waals surface area contributed by atoms with E-state index in [0.717, 1.165) is 54.7 Å². The lowest BCUT2D eigenvalue weighted by Crippen LogP contribution is -2.43. The van der Waals surface area contributed by atoms with Gasteiger partial charge in [0.15, 0.2) is 0 Å². The maximum atomic E-state index is 12.9. The summed E-state index contributed by atoms with van der Waals surface area (Å²) in [5, 5.41) is 3.75. The van der Waals surface area contributed by atoms with Crippen molar-refractivity contribution in [1.29, 1.82) is 0 Å². The summed E-state index contributed by atoms with van der Waals surface area (Å²) >= 11 is 0. The number of anilines is 1. The number of carbonyl (C=O) groups is 1. The van der Waals surface area contributed by atoms with E-state index in [2.05, 4.69) is 10.2 Å². The second kappa shape index (κ2) is 9.15. The summed E-state index contributed by atoms with van der Waals surface area (Å²) < 4.78 is 32.6. The molecule has 0 spiro atoms. The lowest BCUT2D eigenvalue weighted by molar-refractivity contribution is -0.125. The predicted octanol–water partition coefficient (Wildman–Crippen LogP) is 3.15. The van der Waals surface area contributed by atoms with E-state index in [-0.39, 0.29) is 11.8 Å². The molecule has 33 heavy (non-hydrogen) atoms. The van der Waals surface area contributed by atoms with Gasteiger partial charge in [0.1, 0.15) is 11.6 Å². The van der Waals surface area contributed by atoms with Crippen molar-refractivity contribution in [3.8, 4) is 0 Å². The topological polar surface area (TPSA) is 95.8 Å². The number of piperidine rings is 1. The van der Waals surface area contributed by atoms with Gasteiger partial charge in [-0.15, -0.1) is 0 Å². The number of carbonyl (C=O) groups excluding carboxylic acids is 1. The monoisotopic (exact) mass is 468 g/mol. The van der Waals surface area contributed by atoms with Crippen LogP contribution in [0.4, 0.5) is 5.82 Å². The van der Waals surface area contributed by atoms with Gasteiger partial charge in [-0.1, -0.05) is 0 Å². The van der Waals surface area contributed by atoms with E-state index in [1.54, 1.807) is 34.8 Å². The third-order valence-electron chi connectivity index (χ3n) is 6.48. The van der Waals surface area contributed by atoms with Crippen molar-refractivity contribution in [2.75, 3.05) is 31.1 Å². The maximum absolute atomic E-state index is 12.9. The van der Waals surface area contributed by atoms with Crippen LogP contribution >= 0.6 is 0 Å². The molecule has 5 rings (SSSR count). The van der Waals surface area contributed by atoms with E-state index in [1.165, 1.54) is 0 Å². The summed E-state index contributed by atoms with van der Waals surface area (Å²) in [4.78, 5) is 19.9. The first-order chi connectivity index (χ1) is 16.0. The Labute approximate surface area is 193 Å². The van der Waals surface area contributed by atoms with E-state index in [9.17, 15) is 13.2 Å². The molecule has 8 nitrogen and oxygen atoms in total. The van der Waals surface area contributed by atoms with Crippen LogP contribution in [0.2, 0.25) is 0 Å². The van der Waals surface area contributed by atoms with Crippen molar-refractivity contribution in [2.24, 2.45) is 5.92 Å². The average Bonchev–Trinajstić information content (AvgIpc) is 3.57. The van der Waals surface area contributed by atoms with Crippen LogP contribution in [0.5, 0.6) is 0 Å². The van der Waals surface area contributed by atoms with Gasteiger partial charge >= 0.3 is 0 Å². The Morgan fingerprint density at radius 1 is 1.09 bits per heavy atom. The number of pyridine rings is 1. The summed E-state index contributed by atoms with van der Waals surface area (Å²) in [5.74, 6) is 1.45. The quantitative estimate of drug-likeness (QED) is 0.597. The molecule has 174 valence electrons. The van der Waals surface area contributed by atoms with Gasteiger partial charge in [0.05, 0.1) is 29.1 Å². The Hall–Kier alpha value is -2.91. The molecule has 0 radical (unpaired) electrons. The van der Waals surface area contributed by atoms with Gasteiger partial charge in [-0.25, -0.2) is 13.4 Å². The summed E-state index contributed by atoms with van der Waals surface area (Å²) in [6.07, 6.45) is 5.17. The Morgan fingerprint density at radius 2 is 1.94 bits per heavy atom. The summed E-state index contributed by atoms with van der Waals surface area (Å²) in [7, 11) is -3.46. The molecule has 9 heteroatoms. The van der Waals surface area contributed by atoms with E-state index in [1.807, 2.05) is 18.2 Å². The number of sulfonamides is 1. The molecule has 0 saturated carbocycles. The highest BCUT2D eigenvalue weighted by molar-refractivity contribution is 7.89. The Morgan fingerprint density at radius 3 is 2.73 bits per heavy atom. The van der Waals surface area contributed by atoms with Crippen LogP contribution in [-0.2, 0) is 21.4 Å². The summed E-state index contributed by atoms with van der Waals surface area (Å²) in [5.41, 5.74) is 0.747. The molecule has 1 atom stereocenters. The molecule has 0 bridgehead atoms. The Kier molecular flexibility index (Phi) is 6.07. The fourth-order valence-electron chi connectivity index (χ4n) is 4.64. The molecule has 4 heterocycles. The minimum absolute atomic E-state index is 0.0219. The smallest absolute Gasteiger partial charge is 0.243 e. The highest BCUT2D eigenvalue weighted by Crippen LogP contribution is 2.27. The lowest BCUT2D eigenvalue weighted by atomic mass is 9.97. The van der Waals surface area contributed by atoms with Crippen molar-refractivity contribution in [2.45, 2.75) is 37.1 Å². The largest absolute Gasteiger partial charge is 0.467 e. The number of hydrogen-bond donors (Lipinski definition) is 1. The van der Waals surface area contributed by atoms with Crippen LogP contribution in [0.25, 0.3) is 10.9 Å². The van der Waals surface area contributed by atoms with Crippen LogP contribution in [0, 0.1) is 5.92 Å². The first kappa shape index (κ1) is 21.9. The normalized spacial score (nSPS) is 19.8. The molecule has 2 aliphatic rings. The Balaban J connectivity index is 1.29. The molecule has 1 unspecified atom stereocenters. The molecule has 1 N–H and O–H groups in total. The second-order valence-electron chi connectivity index (χ2n) is 8.72. The van der Waals surface area contributed by atoms with E-state index in [0.29, 0.717) is 31.1 Å². The van der Waals surface area contributed by atoms with Crippen LogP contribution in [0.3, 0.4) is 0 Å². The molecule has 2 saturated heterocycles. The minimum Gasteiger partial charge on any atom is -0.467 e. The van der Waals surface area contributed by atoms with E-state index >= 15 is 0 Å². The van der Waals surface area contributed by atoms with Crippen molar-refractivity contribution in [1.82, 2.24) is 14.6 Å². The number of benzene rings is 1. The Bertz CT molecular complexity index is 1240. The standard InChI is InChI=1S/C24H28N4O4S/c29-24(25-16-20-6-4-14-32-20)19-5-3-11-27(17-19)23-10-7-18-15-21(8-9-22(18)26-23)33(30,31)28-12-1-2-13-28/h4,6-10,14-15,19H,1-3,5,11-13,16-17H2,(H,25,29). The van der Waals surface area contributed by atoms with Gasteiger partial charge in [0, 0.05) is 31.6 Å². The van der Waals surface area contributed by atoms with Gasteiger partial charge in [0.25, 0.3) is 0 Å². The van der Waals surface area contributed by atoms with Crippen LogP contribution in [-0.4, -0.2) is 49.8 Å². The maximum Gasteiger partial charge on any atom is 0.243 e. The molecule has 2 aromatic heterocycles.